The lowest BCUT2D eigenvalue weighted by Gasteiger charge is -2.24. The van der Waals surface area contributed by atoms with Crippen LogP contribution in [-0.2, 0) is 4.79 Å². The number of nitrogens with zero attached hydrogens (tertiary/aromatic N) is 1. The number of amides is 1. The summed E-state index contributed by atoms with van der Waals surface area (Å²) < 4.78 is 48.9. The lowest BCUT2D eigenvalue weighted by Crippen LogP contribution is -2.47. The summed E-state index contributed by atoms with van der Waals surface area (Å²) in [4.78, 5) is 11.6. The van der Waals surface area contributed by atoms with E-state index in [9.17, 15) is 22.4 Å². The number of carbonyl (C=O) groups is 1. The van der Waals surface area contributed by atoms with E-state index in [4.69, 9.17) is 0 Å². The zero-order valence-electron chi connectivity index (χ0n) is 8.94. The fourth-order valence-corrected chi connectivity index (χ4v) is 1.03. The van der Waals surface area contributed by atoms with Crippen molar-refractivity contribution in [2.45, 2.75) is 32.6 Å². The molecule has 0 aromatic rings. The smallest absolute Gasteiger partial charge is 0.340 e. The van der Waals surface area contributed by atoms with E-state index in [0.29, 0.717) is 11.3 Å². The minimum Gasteiger partial charge on any atom is -0.340 e. The number of hydrogen-bond donors (Lipinski definition) is 0. The SMILES string of the molecule is CCC(C)CN(C)C(=O)C(F)(F)C(F)F. The molecule has 0 rings (SSSR count). The highest BCUT2D eigenvalue weighted by Gasteiger charge is 2.50. The van der Waals surface area contributed by atoms with Crippen LogP contribution in [0.2, 0.25) is 0 Å². The molecule has 15 heavy (non-hydrogen) atoms. The van der Waals surface area contributed by atoms with Crippen LogP contribution in [0, 0.1) is 5.92 Å². The number of rotatable bonds is 5. The molecule has 1 atom stereocenters. The molecular weight excluding hydrogens is 214 g/mol. The molecule has 90 valence electrons. The van der Waals surface area contributed by atoms with E-state index in [1.807, 2.05) is 6.92 Å². The Kier molecular flexibility index (Phi) is 5.03. The van der Waals surface area contributed by atoms with Gasteiger partial charge in [0.25, 0.3) is 5.91 Å². The minimum absolute atomic E-state index is 0.00687. The molecule has 0 N–H and O–H groups in total. The third-order valence-corrected chi connectivity index (χ3v) is 2.19. The monoisotopic (exact) mass is 229 g/mol. The Hall–Kier alpha value is -0.810. The summed E-state index contributed by atoms with van der Waals surface area (Å²) in [6.07, 6.45) is -3.26. The van der Waals surface area contributed by atoms with Crippen LogP contribution in [0.1, 0.15) is 20.3 Å². The molecule has 1 unspecified atom stereocenters. The third-order valence-electron chi connectivity index (χ3n) is 2.19. The molecule has 2 nitrogen and oxygen atoms in total. The second-order valence-electron chi connectivity index (χ2n) is 3.62. The Morgan fingerprint density at radius 3 is 2.20 bits per heavy atom. The number of alkyl halides is 4. The van der Waals surface area contributed by atoms with E-state index >= 15 is 0 Å². The highest BCUT2D eigenvalue weighted by atomic mass is 19.3. The minimum atomic E-state index is -4.58. The predicted octanol–water partition coefficient (Wildman–Crippen LogP) is 2.39. The van der Waals surface area contributed by atoms with Crippen LogP contribution in [0.5, 0.6) is 0 Å². The van der Waals surface area contributed by atoms with Gasteiger partial charge < -0.3 is 4.90 Å². The van der Waals surface area contributed by atoms with Crippen molar-refractivity contribution in [3.05, 3.63) is 0 Å². The molecule has 0 radical (unpaired) electrons. The zero-order valence-corrected chi connectivity index (χ0v) is 8.94. The molecule has 0 fully saturated rings. The van der Waals surface area contributed by atoms with Crippen LogP contribution in [0.3, 0.4) is 0 Å². The third kappa shape index (κ3) is 3.68. The molecule has 0 aliphatic heterocycles. The molecule has 0 bridgehead atoms. The van der Waals surface area contributed by atoms with Crippen molar-refractivity contribution in [3.8, 4) is 0 Å². The Morgan fingerprint density at radius 2 is 1.87 bits per heavy atom. The van der Waals surface area contributed by atoms with Crippen molar-refractivity contribution >= 4 is 5.91 Å². The van der Waals surface area contributed by atoms with E-state index in [2.05, 4.69) is 0 Å². The normalized spacial score (nSPS) is 14.1. The second kappa shape index (κ2) is 5.32. The topological polar surface area (TPSA) is 20.3 Å². The molecular formula is C9H15F4NO. The molecule has 0 aliphatic rings. The van der Waals surface area contributed by atoms with Crippen LogP contribution in [0.25, 0.3) is 0 Å². The molecule has 0 spiro atoms. The zero-order chi connectivity index (χ0) is 12.2. The van der Waals surface area contributed by atoms with Gasteiger partial charge >= 0.3 is 12.3 Å². The number of halogens is 4. The van der Waals surface area contributed by atoms with Crippen LogP contribution in [0.4, 0.5) is 17.6 Å². The van der Waals surface area contributed by atoms with E-state index in [0.717, 1.165) is 7.05 Å². The van der Waals surface area contributed by atoms with Gasteiger partial charge in [0.1, 0.15) is 0 Å². The van der Waals surface area contributed by atoms with Gasteiger partial charge in [0, 0.05) is 13.6 Å². The van der Waals surface area contributed by atoms with E-state index < -0.39 is 18.3 Å². The first kappa shape index (κ1) is 14.2. The van der Waals surface area contributed by atoms with Crippen molar-refractivity contribution < 1.29 is 22.4 Å². The molecule has 0 saturated heterocycles. The maximum Gasteiger partial charge on any atom is 0.383 e. The average molecular weight is 229 g/mol. The lowest BCUT2D eigenvalue weighted by atomic mass is 10.1. The molecule has 0 aromatic carbocycles. The van der Waals surface area contributed by atoms with Crippen molar-refractivity contribution in [1.82, 2.24) is 4.90 Å². The molecule has 0 heterocycles. The first-order valence-corrected chi connectivity index (χ1v) is 4.65. The van der Waals surface area contributed by atoms with Gasteiger partial charge in [-0.15, -0.1) is 0 Å². The molecule has 6 heteroatoms. The van der Waals surface area contributed by atoms with Gasteiger partial charge in [-0.2, -0.15) is 8.78 Å². The summed E-state index contributed by atoms with van der Waals surface area (Å²) in [5, 5.41) is 0. The van der Waals surface area contributed by atoms with Gasteiger partial charge in [0.15, 0.2) is 0 Å². The van der Waals surface area contributed by atoms with E-state index in [1.165, 1.54) is 0 Å². The largest absolute Gasteiger partial charge is 0.383 e. The summed E-state index contributed by atoms with van der Waals surface area (Å²) in [7, 11) is 1.10. The van der Waals surface area contributed by atoms with Gasteiger partial charge in [0.2, 0.25) is 0 Å². The number of hydrogen-bond acceptors (Lipinski definition) is 1. The van der Waals surface area contributed by atoms with Crippen LogP contribution in [-0.4, -0.2) is 36.7 Å². The quantitative estimate of drug-likeness (QED) is 0.663. The average Bonchev–Trinajstić information content (AvgIpc) is 2.15. The first-order chi connectivity index (χ1) is 6.73. The Labute approximate surface area is 86.2 Å². The summed E-state index contributed by atoms with van der Waals surface area (Å²) in [5.74, 6) is -6.40. The molecule has 1 amide bonds. The fourth-order valence-electron chi connectivity index (χ4n) is 1.03. The van der Waals surface area contributed by atoms with Gasteiger partial charge in [-0.05, 0) is 5.92 Å². The van der Waals surface area contributed by atoms with Crippen molar-refractivity contribution in [2.24, 2.45) is 5.92 Å². The van der Waals surface area contributed by atoms with Gasteiger partial charge in [-0.3, -0.25) is 4.79 Å². The Morgan fingerprint density at radius 1 is 1.40 bits per heavy atom. The van der Waals surface area contributed by atoms with Crippen LogP contribution < -0.4 is 0 Å². The standard InChI is InChI=1S/C9H15F4NO/c1-4-6(2)5-14(3)8(15)9(12,13)7(10)11/h6-7H,4-5H2,1-3H3. The summed E-state index contributed by atoms with van der Waals surface area (Å²) in [5.41, 5.74) is 0. The molecule has 0 aromatic heterocycles. The Bertz CT molecular complexity index is 220. The summed E-state index contributed by atoms with van der Waals surface area (Å²) in [6.45, 7) is 3.64. The van der Waals surface area contributed by atoms with Crippen LogP contribution in [0.15, 0.2) is 0 Å². The van der Waals surface area contributed by atoms with Gasteiger partial charge in [0.05, 0.1) is 0 Å². The molecule has 0 aliphatic carbocycles. The van der Waals surface area contributed by atoms with Crippen LogP contribution >= 0.6 is 0 Å². The maximum absolute atomic E-state index is 12.6. The predicted molar refractivity (Wildman–Crippen MR) is 48.0 cm³/mol. The highest BCUT2D eigenvalue weighted by molar-refractivity contribution is 5.83. The summed E-state index contributed by atoms with van der Waals surface area (Å²) in [6, 6.07) is 0. The van der Waals surface area contributed by atoms with Crippen molar-refractivity contribution in [3.63, 3.8) is 0 Å². The van der Waals surface area contributed by atoms with Gasteiger partial charge in [-0.1, -0.05) is 20.3 Å². The summed E-state index contributed by atoms with van der Waals surface area (Å²) >= 11 is 0. The highest BCUT2D eigenvalue weighted by Crippen LogP contribution is 2.25. The molecule has 0 saturated carbocycles. The lowest BCUT2D eigenvalue weighted by molar-refractivity contribution is -0.179. The second-order valence-corrected chi connectivity index (χ2v) is 3.62. The fraction of sp³-hybridized carbons (Fsp3) is 0.889. The van der Waals surface area contributed by atoms with Crippen molar-refractivity contribution in [1.29, 1.82) is 0 Å². The van der Waals surface area contributed by atoms with Crippen molar-refractivity contribution in [2.75, 3.05) is 13.6 Å². The van der Waals surface area contributed by atoms with E-state index in [1.54, 1.807) is 6.92 Å². The maximum atomic E-state index is 12.6. The first-order valence-electron chi connectivity index (χ1n) is 4.65. The van der Waals surface area contributed by atoms with E-state index in [-0.39, 0.29) is 12.5 Å². The van der Waals surface area contributed by atoms with Gasteiger partial charge in [-0.25, -0.2) is 8.78 Å². The number of carbonyl (C=O) groups excluding carboxylic acids is 1. The Balaban J connectivity index is 4.44.